The van der Waals surface area contributed by atoms with Crippen molar-refractivity contribution in [2.45, 2.75) is 13.0 Å². The van der Waals surface area contributed by atoms with Gasteiger partial charge in [0.1, 0.15) is 5.75 Å². The second kappa shape index (κ2) is 5.43. The SMILES string of the molecule is Fc1ccc(OCCCn2ccnc2)cc1F. The fourth-order valence-electron chi connectivity index (χ4n) is 1.42. The Morgan fingerprint density at radius 1 is 1.24 bits per heavy atom. The Balaban J connectivity index is 1.76. The summed E-state index contributed by atoms with van der Waals surface area (Å²) in [7, 11) is 0. The minimum Gasteiger partial charge on any atom is -0.493 e. The predicted molar refractivity (Wildman–Crippen MR) is 58.7 cm³/mol. The second-order valence-electron chi connectivity index (χ2n) is 3.58. The van der Waals surface area contributed by atoms with Crippen molar-refractivity contribution in [1.29, 1.82) is 0 Å². The van der Waals surface area contributed by atoms with Gasteiger partial charge in [-0.3, -0.25) is 0 Å². The van der Waals surface area contributed by atoms with Crippen molar-refractivity contribution >= 4 is 0 Å². The third-order valence-corrected chi connectivity index (χ3v) is 2.28. The molecular formula is C12H12F2N2O. The minimum atomic E-state index is -0.892. The Labute approximate surface area is 97.7 Å². The maximum atomic E-state index is 12.8. The van der Waals surface area contributed by atoms with Crippen LogP contribution < -0.4 is 4.74 Å². The van der Waals surface area contributed by atoms with E-state index in [0.29, 0.717) is 12.4 Å². The molecule has 1 aromatic heterocycles. The van der Waals surface area contributed by atoms with Crippen LogP contribution in [0.1, 0.15) is 6.42 Å². The number of hydrogen-bond acceptors (Lipinski definition) is 2. The van der Waals surface area contributed by atoms with E-state index in [1.807, 2.05) is 10.8 Å². The lowest BCUT2D eigenvalue weighted by molar-refractivity contribution is 0.299. The number of halogens is 2. The number of imidazole rings is 1. The summed E-state index contributed by atoms with van der Waals surface area (Å²) in [5.74, 6) is -1.41. The van der Waals surface area contributed by atoms with E-state index in [1.54, 1.807) is 12.5 Å². The number of aryl methyl sites for hydroxylation is 1. The van der Waals surface area contributed by atoms with Crippen molar-refractivity contribution < 1.29 is 13.5 Å². The van der Waals surface area contributed by atoms with Gasteiger partial charge in [-0.05, 0) is 18.6 Å². The number of nitrogens with zero attached hydrogens (tertiary/aromatic N) is 2. The van der Waals surface area contributed by atoms with Gasteiger partial charge in [-0.2, -0.15) is 0 Å². The molecule has 90 valence electrons. The van der Waals surface area contributed by atoms with Gasteiger partial charge in [-0.1, -0.05) is 0 Å². The highest BCUT2D eigenvalue weighted by atomic mass is 19.2. The fraction of sp³-hybridized carbons (Fsp3) is 0.250. The van der Waals surface area contributed by atoms with E-state index in [9.17, 15) is 8.78 Å². The number of aromatic nitrogens is 2. The highest BCUT2D eigenvalue weighted by Gasteiger charge is 2.02. The van der Waals surface area contributed by atoms with Crippen LogP contribution in [-0.2, 0) is 6.54 Å². The molecule has 5 heteroatoms. The van der Waals surface area contributed by atoms with Crippen LogP contribution in [0.3, 0.4) is 0 Å². The molecule has 2 rings (SSSR count). The summed E-state index contributed by atoms with van der Waals surface area (Å²) in [5, 5.41) is 0. The van der Waals surface area contributed by atoms with Gasteiger partial charge < -0.3 is 9.30 Å². The molecule has 0 bridgehead atoms. The normalized spacial score (nSPS) is 10.5. The zero-order valence-corrected chi connectivity index (χ0v) is 9.14. The monoisotopic (exact) mass is 238 g/mol. The molecule has 0 spiro atoms. The predicted octanol–water partition coefficient (Wildman–Crippen LogP) is 2.63. The summed E-state index contributed by atoms with van der Waals surface area (Å²) in [6.45, 7) is 1.23. The summed E-state index contributed by atoms with van der Waals surface area (Å²) in [5.41, 5.74) is 0. The van der Waals surface area contributed by atoms with Crippen molar-refractivity contribution in [2.75, 3.05) is 6.61 Å². The number of hydrogen-bond donors (Lipinski definition) is 0. The summed E-state index contributed by atoms with van der Waals surface area (Å²) in [6.07, 6.45) is 6.06. The molecule has 0 amide bonds. The largest absolute Gasteiger partial charge is 0.493 e. The van der Waals surface area contributed by atoms with Crippen LogP contribution in [0.5, 0.6) is 5.75 Å². The molecule has 0 N–H and O–H groups in total. The lowest BCUT2D eigenvalue weighted by Gasteiger charge is -2.06. The van der Waals surface area contributed by atoms with Crippen molar-refractivity contribution in [3.05, 3.63) is 48.6 Å². The van der Waals surface area contributed by atoms with Crippen LogP contribution in [0, 0.1) is 11.6 Å². The molecule has 0 atom stereocenters. The van der Waals surface area contributed by atoms with Crippen molar-refractivity contribution in [3.63, 3.8) is 0 Å². The Kier molecular flexibility index (Phi) is 3.69. The zero-order chi connectivity index (χ0) is 12.1. The van der Waals surface area contributed by atoms with Gasteiger partial charge in [-0.25, -0.2) is 13.8 Å². The first kappa shape index (κ1) is 11.6. The average Bonchev–Trinajstić information content (AvgIpc) is 2.82. The minimum absolute atomic E-state index is 0.342. The van der Waals surface area contributed by atoms with E-state index in [4.69, 9.17) is 4.74 Å². The molecule has 3 nitrogen and oxygen atoms in total. The van der Waals surface area contributed by atoms with Gasteiger partial charge in [-0.15, -0.1) is 0 Å². The molecule has 0 aliphatic heterocycles. The molecule has 0 fully saturated rings. The molecule has 0 aliphatic carbocycles. The molecule has 17 heavy (non-hydrogen) atoms. The van der Waals surface area contributed by atoms with Gasteiger partial charge >= 0.3 is 0 Å². The number of benzene rings is 1. The zero-order valence-electron chi connectivity index (χ0n) is 9.14. The van der Waals surface area contributed by atoms with E-state index in [1.165, 1.54) is 6.07 Å². The Bertz CT molecular complexity index is 471. The van der Waals surface area contributed by atoms with Crippen LogP contribution in [-0.4, -0.2) is 16.2 Å². The Morgan fingerprint density at radius 2 is 2.12 bits per heavy atom. The number of ether oxygens (including phenoxy) is 1. The third kappa shape index (κ3) is 3.27. The summed E-state index contributed by atoms with van der Waals surface area (Å²) in [6, 6.07) is 3.52. The van der Waals surface area contributed by atoms with Crippen LogP contribution >= 0.6 is 0 Å². The smallest absolute Gasteiger partial charge is 0.162 e. The molecule has 1 aromatic carbocycles. The number of rotatable bonds is 5. The van der Waals surface area contributed by atoms with E-state index < -0.39 is 11.6 Å². The maximum Gasteiger partial charge on any atom is 0.162 e. The maximum absolute atomic E-state index is 12.8. The Hall–Kier alpha value is -1.91. The van der Waals surface area contributed by atoms with Gasteiger partial charge in [0, 0.05) is 25.0 Å². The topological polar surface area (TPSA) is 27.1 Å². The third-order valence-electron chi connectivity index (χ3n) is 2.28. The van der Waals surface area contributed by atoms with Crippen molar-refractivity contribution in [3.8, 4) is 5.75 Å². The Morgan fingerprint density at radius 3 is 2.82 bits per heavy atom. The molecule has 0 saturated heterocycles. The van der Waals surface area contributed by atoms with E-state index in [0.717, 1.165) is 25.1 Å². The van der Waals surface area contributed by atoms with Gasteiger partial charge in [0.2, 0.25) is 0 Å². The molecule has 0 unspecified atom stereocenters. The van der Waals surface area contributed by atoms with Gasteiger partial charge in [0.15, 0.2) is 11.6 Å². The summed E-state index contributed by atoms with van der Waals surface area (Å²) < 4.78 is 32.7. The highest BCUT2D eigenvalue weighted by Crippen LogP contribution is 2.15. The molecule has 0 saturated carbocycles. The van der Waals surface area contributed by atoms with Crippen molar-refractivity contribution in [1.82, 2.24) is 9.55 Å². The molecule has 1 heterocycles. The van der Waals surface area contributed by atoms with E-state index in [2.05, 4.69) is 4.98 Å². The van der Waals surface area contributed by atoms with Gasteiger partial charge in [0.05, 0.1) is 12.9 Å². The summed E-state index contributed by atoms with van der Waals surface area (Å²) in [4.78, 5) is 3.91. The standard InChI is InChI=1S/C12H12F2N2O/c13-11-3-2-10(8-12(11)14)17-7-1-5-16-6-4-15-9-16/h2-4,6,8-9H,1,5,7H2. The lowest BCUT2D eigenvalue weighted by Crippen LogP contribution is -2.03. The molecule has 2 aromatic rings. The van der Waals surface area contributed by atoms with Crippen LogP contribution in [0.25, 0.3) is 0 Å². The van der Waals surface area contributed by atoms with Gasteiger partial charge in [0.25, 0.3) is 0 Å². The molecule has 0 radical (unpaired) electrons. The second-order valence-corrected chi connectivity index (χ2v) is 3.58. The van der Waals surface area contributed by atoms with E-state index in [-0.39, 0.29) is 0 Å². The van der Waals surface area contributed by atoms with Crippen LogP contribution in [0.15, 0.2) is 36.9 Å². The van der Waals surface area contributed by atoms with Crippen LogP contribution in [0.4, 0.5) is 8.78 Å². The first-order chi connectivity index (χ1) is 8.25. The molecule has 0 aliphatic rings. The highest BCUT2D eigenvalue weighted by molar-refractivity contribution is 5.23. The molecular weight excluding hydrogens is 226 g/mol. The first-order valence-electron chi connectivity index (χ1n) is 5.29. The van der Waals surface area contributed by atoms with E-state index >= 15 is 0 Å². The van der Waals surface area contributed by atoms with Crippen LogP contribution in [0.2, 0.25) is 0 Å². The quantitative estimate of drug-likeness (QED) is 0.749. The lowest BCUT2D eigenvalue weighted by atomic mass is 10.3. The summed E-state index contributed by atoms with van der Waals surface area (Å²) >= 11 is 0. The van der Waals surface area contributed by atoms with Crippen molar-refractivity contribution in [2.24, 2.45) is 0 Å². The fourth-order valence-corrected chi connectivity index (χ4v) is 1.42. The first-order valence-corrected chi connectivity index (χ1v) is 5.29. The average molecular weight is 238 g/mol.